The van der Waals surface area contributed by atoms with E-state index < -0.39 is 5.54 Å². The van der Waals surface area contributed by atoms with E-state index in [1.807, 2.05) is 11.4 Å². The first kappa shape index (κ1) is 13.5. The Morgan fingerprint density at radius 2 is 2.22 bits per heavy atom. The van der Waals surface area contributed by atoms with Gasteiger partial charge in [-0.3, -0.25) is 9.59 Å². The van der Waals surface area contributed by atoms with Crippen molar-refractivity contribution in [1.82, 2.24) is 10.2 Å². The van der Waals surface area contributed by atoms with Crippen LogP contribution in [0.2, 0.25) is 0 Å². The summed E-state index contributed by atoms with van der Waals surface area (Å²) in [5, 5.41) is 4.75. The Morgan fingerprint density at radius 3 is 2.83 bits per heavy atom. The van der Waals surface area contributed by atoms with Gasteiger partial charge in [0, 0.05) is 27.7 Å². The number of halogens is 1. The number of nitrogens with one attached hydrogen (secondary N) is 1. The molecule has 0 spiro atoms. The summed E-state index contributed by atoms with van der Waals surface area (Å²) in [6, 6.07) is 2.01. The van der Waals surface area contributed by atoms with Gasteiger partial charge < -0.3 is 10.2 Å². The molecule has 0 saturated carbocycles. The molecule has 1 saturated heterocycles. The van der Waals surface area contributed by atoms with Crippen molar-refractivity contribution >= 4 is 39.1 Å². The number of carbonyl (C=O) groups is 2. The summed E-state index contributed by atoms with van der Waals surface area (Å²) in [6.07, 6.45) is 0.363. The number of hydrogen-bond donors (Lipinski definition) is 1. The van der Waals surface area contributed by atoms with Crippen LogP contribution in [-0.2, 0) is 16.1 Å². The van der Waals surface area contributed by atoms with Crippen LogP contribution in [0.1, 0.15) is 25.1 Å². The zero-order valence-electron chi connectivity index (χ0n) is 10.3. The van der Waals surface area contributed by atoms with Crippen molar-refractivity contribution in [1.29, 1.82) is 0 Å². The highest BCUT2D eigenvalue weighted by Crippen LogP contribution is 2.23. The van der Waals surface area contributed by atoms with Gasteiger partial charge in [0.25, 0.3) is 0 Å². The minimum absolute atomic E-state index is 0.0297. The van der Waals surface area contributed by atoms with E-state index in [1.54, 1.807) is 30.1 Å². The maximum absolute atomic E-state index is 12.3. The Bertz CT molecular complexity index is 484. The van der Waals surface area contributed by atoms with Crippen molar-refractivity contribution in [2.24, 2.45) is 0 Å². The fraction of sp³-hybridized carbons (Fsp3) is 0.500. The zero-order valence-corrected chi connectivity index (χ0v) is 12.7. The van der Waals surface area contributed by atoms with E-state index in [2.05, 4.69) is 21.2 Å². The van der Waals surface area contributed by atoms with E-state index in [4.69, 9.17) is 0 Å². The van der Waals surface area contributed by atoms with E-state index in [0.29, 0.717) is 19.5 Å². The van der Waals surface area contributed by atoms with E-state index in [1.165, 1.54) is 0 Å². The van der Waals surface area contributed by atoms with Gasteiger partial charge in [-0.1, -0.05) is 0 Å². The molecule has 0 bridgehead atoms. The number of amides is 2. The SMILES string of the molecule is CC1(C)NC(=O)CCN(Cc2cc(Br)cs2)C1=O. The van der Waals surface area contributed by atoms with Gasteiger partial charge in [0.05, 0.1) is 6.54 Å². The maximum Gasteiger partial charge on any atom is 0.248 e. The first-order valence-corrected chi connectivity index (χ1v) is 7.39. The molecular formula is C12H15BrN2O2S. The fourth-order valence-electron chi connectivity index (χ4n) is 1.97. The summed E-state index contributed by atoms with van der Waals surface area (Å²) in [5.41, 5.74) is -0.817. The quantitative estimate of drug-likeness (QED) is 0.903. The molecule has 4 nitrogen and oxygen atoms in total. The summed E-state index contributed by atoms with van der Waals surface area (Å²) in [4.78, 5) is 26.7. The lowest BCUT2D eigenvalue weighted by Crippen LogP contribution is -2.52. The average molecular weight is 331 g/mol. The smallest absolute Gasteiger partial charge is 0.248 e. The number of nitrogens with zero attached hydrogens (tertiary/aromatic N) is 1. The van der Waals surface area contributed by atoms with Crippen LogP contribution in [0.25, 0.3) is 0 Å². The Labute approximate surface area is 118 Å². The zero-order chi connectivity index (χ0) is 13.3. The van der Waals surface area contributed by atoms with Gasteiger partial charge in [0.15, 0.2) is 0 Å². The lowest BCUT2D eigenvalue weighted by molar-refractivity contribution is -0.137. The molecule has 1 fully saturated rings. The molecule has 0 radical (unpaired) electrons. The Morgan fingerprint density at radius 1 is 1.50 bits per heavy atom. The van der Waals surface area contributed by atoms with Crippen LogP contribution in [0.4, 0.5) is 0 Å². The molecule has 1 aliphatic heterocycles. The van der Waals surface area contributed by atoms with Crippen LogP contribution < -0.4 is 5.32 Å². The first-order valence-electron chi connectivity index (χ1n) is 5.72. The summed E-state index contributed by atoms with van der Waals surface area (Å²) in [5.74, 6) is -0.0962. The largest absolute Gasteiger partial charge is 0.342 e. The van der Waals surface area contributed by atoms with Gasteiger partial charge in [-0.25, -0.2) is 0 Å². The predicted molar refractivity (Wildman–Crippen MR) is 74.3 cm³/mol. The molecule has 2 amide bonds. The molecule has 0 aliphatic carbocycles. The molecular weight excluding hydrogens is 316 g/mol. The lowest BCUT2D eigenvalue weighted by Gasteiger charge is -2.28. The van der Waals surface area contributed by atoms with Gasteiger partial charge in [-0.15, -0.1) is 11.3 Å². The van der Waals surface area contributed by atoms with Crippen LogP contribution in [0.3, 0.4) is 0 Å². The van der Waals surface area contributed by atoms with E-state index >= 15 is 0 Å². The van der Waals surface area contributed by atoms with Gasteiger partial charge in [0.2, 0.25) is 11.8 Å². The van der Waals surface area contributed by atoms with Crippen molar-refractivity contribution in [2.75, 3.05) is 6.54 Å². The number of rotatable bonds is 2. The van der Waals surface area contributed by atoms with Crippen molar-refractivity contribution in [3.05, 3.63) is 20.8 Å². The molecule has 18 heavy (non-hydrogen) atoms. The number of thiophene rings is 1. The summed E-state index contributed by atoms with van der Waals surface area (Å²) in [6.45, 7) is 4.53. The normalized spacial score (nSPS) is 19.6. The van der Waals surface area contributed by atoms with Crippen molar-refractivity contribution < 1.29 is 9.59 Å². The number of carbonyl (C=O) groups excluding carboxylic acids is 2. The average Bonchev–Trinajstić information content (AvgIpc) is 2.64. The fourth-order valence-corrected chi connectivity index (χ4v) is 3.44. The van der Waals surface area contributed by atoms with Gasteiger partial charge in [0.1, 0.15) is 5.54 Å². The van der Waals surface area contributed by atoms with Gasteiger partial charge in [-0.05, 0) is 35.8 Å². The molecule has 1 N–H and O–H groups in total. The molecule has 0 atom stereocenters. The second-order valence-corrected chi connectivity index (χ2v) is 6.79. The van der Waals surface area contributed by atoms with E-state index in [9.17, 15) is 9.59 Å². The molecule has 6 heteroatoms. The van der Waals surface area contributed by atoms with Crippen LogP contribution in [-0.4, -0.2) is 28.8 Å². The molecule has 2 rings (SSSR count). The summed E-state index contributed by atoms with van der Waals surface area (Å²) in [7, 11) is 0. The molecule has 0 aromatic carbocycles. The molecule has 1 aliphatic rings. The summed E-state index contributed by atoms with van der Waals surface area (Å²) < 4.78 is 1.03. The van der Waals surface area contributed by atoms with Crippen LogP contribution in [0.15, 0.2) is 15.9 Å². The molecule has 1 aromatic rings. The standard InChI is InChI=1S/C12H15BrN2O2S/c1-12(2)11(17)15(4-3-10(16)14-12)6-9-5-8(13)7-18-9/h5,7H,3-4,6H2,1-2H3,(H,14,16). The second-order valence-electron chi connectivity index (χ2n) is 4.88. The third-order valence-electron chi connectivity index (χ3n) is 2.85. The highest BCUT2D eigenvalue weighted by atomic mass is 79.9. The monoisotopic (exact) mass is 330 g/mol. The maximum atomic E-state index is 12.3. The third-order valence-corrected chi connectivity index (χ3v) is 4.53. The Kier molecular flexibility index (Phi) is 3.77. The van der Waals surface area contributed by atoms with Crippen LogP contribution >= 0.6 is 27.3 Å². The summed E-state index contributed by atoms with van der Waals surface area (Å²) >= 11 is 5.01. The van der Waals surface area contributed by atoms with Crippen molar-refractivity contribution in [3.8, 4) is 0 Å². The Balaban J connectivity index is 2.16. The van der Waals surface area contributed by atoms with E-state index in [0.717, 1.165) is 9.35 Å². The van der Waals surface area contributed by atoms with Crippen molar-refractivity contribution in [3.63, 3.8) is 0 Å². The predicted octanol–water partition coefficient (Wildman–Crippen LogP) is 2.14. The van der Waals surface area contributed by atoms with Crippen molar-refractivity contribution in [2.45, 2.75) is 32.4 Å². The third kappa shape index (κ3) is 2.92. The Hall–Kier alpha value is -0.880. The number of hydrogen-bond acceptors (Lipinski definition) is 3. The minimum atomic E-state index is -0.817. The molecule has 98 valence electrons. The lowest BCUT2D eigenvalue weighted by atomic mass is 10.0. The topological polar surface area (TPSA) is 49.4 Å². The molecule has 1 aromatic heterocycles. The first-order chi connectivity index (χ1) is 8.38. The highest BCUT2D eigenvalue weighted by molar-refractivity contribution is 9.10. The van der Waals surface area contributed by atoms with Gasteiger partial charge in [-0.2, -0.15) is 0 Å². The highest BCUT2D eigenvalue weighted by Gasteiger charge is 2.36. The molecule has 0 unspecified atom stereocenters. The van der Waals surface area contributed by atoms with E-state index in [-0.39, 0.29) is 11.8 Å². The second kappa shape index (κ2) is 5.01. The van der Waals surface area contributed by atoms with Gasteiger partial charge >= 0.3 is 0 Å². The van der Waals surface area contributed by atoms with Crippen LogP contribution in [0.5, 0.6) is 0 Å². The minimum Gasteiger partial charge on any atom is -0.342 e. The molecule has 2 heterocycles. The van der Waals surface area contributed by atoms with Crippen LogP contribution in [0, 0.1) is 0 Å².